The van der Waals surface area contributed by atoms with Gasteiger partial charge < -0.3 is 14.6 Å². The number of carboxylic acid groups (broad SMARTS) is 1. The first kappa shape index (κ1) is 17.9. The summed E-state index contributed by atoms with van der Waals surface area (Å²) in [6.45, 7) is 0. The molecule has 0 heterocycles. The van der Waals surface area contributed by atoms with Crippen LogP contribution < -0.4 is 0 Å². The zero-order valence-electron chi connectivity index (χ0n) is 12.0. The van der Waals surface area contributed by atoms with Crippen LogP contribution in [0.4, 0.5) is 0 Å². The lowest BCUT2D eigenvalue weighted by Crippen LogP contribution is -2.08. The number of carboxylic acids is 1. The molecule has 4 nitrogen and oxygen atoms in total. The Labute approximate surface area is 116 Å². The Morgan fingerprint density at radius 3 is 2.32 bits per heavy atom. The number of ether oxygens (including phenoxy) is 2. The van der Waals surface area contributed by atoms with E-state index in [2.05, 4.69) is 6.08 Å². The molecule has 0 aromatic rings. The molecule has 0 unspecified atom stereocenters. The summed E-state index contributed by atoms with van der Waals surface area (Å²) in [5, 5.41) is 8.48. The molecular weight excluding hydrogens is 244 g/mol. The van der Waals surface area contributed by atoms with Gasteiger partial charge in [0.05, 0.1) is 0 Å². The molecule has 0 rings (SSSR count). The van der Waals surface area contributed by atoms with Gasteiger partial charge >= 0.3 is 5.97 Å². The maximum atomic E-state index is 10.3. The molecule has 110 valence electrons. The zero-order valence-corrected chi connectivity index (χ0v) is 12.0. The first-order valence-electron chi connectivity index (χ1n) is 6.81. The summed E-state index contributed by atoms with van der Waals surface area (Å²) in [4.78, 5) is 10.3. The smallest absolute Gasteiger partial charge is 0.303 e. The third-order valence-electron chi connectivity index (χ3n) is 2.74. The summed E-state index contributed by atoms with van der Waals surface area (Å²) in [5.41, 5.74) is 0. The monoisotopic (exact) mass is 270 g/mol. The van der Waals surface area contributed by atoms with E-state index >= 15 is 0 Å². The molecule has 0 saturated carbocycles. The van der Waals surface area contributed by atoms with E-state index in [1.807, 2.05) is 18.2 Å². The molecule has 0 atom stereocenters. The van der Waals surface area contributed by atoms with E-state index in [9.17, 15) is 4.79 Å². The molecule has 0 fully saturated rings. The Morgan fingerprint density at radius 2 is 1.68 bits per heavy atom. The third-order valence-corrected chi connectivity index (χ3v) is 2.74. The predicted molar refractivity (Wildman–Crippen MR) is 76.0 cm³/mol. The van der Waals surface area contributed by atoms with Crippen LogP contribution >= 0.6 is 0 Å². The summed E-state index contributed by atoms with van der Waals surface area (Å²) < 4.78 is 10.0. The second kappa shape index (κ2) is 13.3. The first-order valence-corrected chi connectivity index (χ1v) is 6.81. The number of unbranched alkanes of at least 4 members (excludes halogenated alkanes) is 5. The van der Waals surface area contributed by atoms with Crippen LogP contribution in [0.1, 0.15) is 44.9 Å². The molecule has 0 bridgehead atoms. The van der Waals surface area contributed by atoms with Crippen LogP contribution in [0.2, 0.25) is 0 Å². The number of carbonyl (C=O) groups is 1. The number of hydrogen-bond acceptors (Lipinski definition) is 3. The Morgan fingerprint density at radius 1 is 1.05 bits per heavy atom. The maximum absolute atomic E-state index is 10.3. The van der Waals surface area contributed by atoms with Crippen LogP contribution in [0.25, 0.3) is 0 Å². The molecule has 0 aliphatic heterocycles. The van der Waals surface area contributed by atoms with Crippen LogP contribution in [0.5, 0.6) is 0 Å². The molecule has 4 heteroatoms. The number of hydrogen-bond donors (Lipinski definition) is 1. The molecule has 0 aromatic carbocycles. The first-order chi connectivity index (χ1) is 9.20. The maximum Gasteiger partial charge on any atom is 0.303 e. The number of aliphatic carboxylic acids is 1. The van der Waals surface area contributed by atoms with Crippen LogP contribution in [-0.2, 0) is 14.3 Å². The quantitative estimate of drug-likeness (QED) is 0.335. The highest BCUT2D eigenvalue weighted by Gasteiger charge is 1.96. The predicted octanol–water partition coefficient (Wildman–Crippen LogP) is 3.53. The number of rotatable bonds is 12. The van der Waals surface area contributed by atoms with E-state index in [1.165, 1.54) is 0 Å². The summed E-state index contributed by atoms with van der Waals surface area (Å²) in [6.07, 6.45) is 14.2. The van der Waals surface area contributed by atoms with Crippen molar-refractivity contribution < 1.29 is 19.4 Å². The van der Waals surface area contributed by atoms with Gasteiger partial charge in [-0.15, -0.1) is 0 Å². The third kappa shape index (κ3) is 13.1. The van der Waals surface area contributed by atoms with Gasteiger partial charge in [0.2, 0.25) is 0 Å². The van der Waals surface area contributed by atoms with E-state index in [0.717, 1.165) is 38.5 Å². The number of methoxy groups -OCH3 is 2. The highest BCUT2D eigenvalue weighted by Crippen LogP contribution is 2.07. The van der Waals surface area contributed by atoms with Gasteiger partial charge in [0.25, 0.3) is 0 Å². The highest BCUT2D eigenvalue weighted by atomic mass is 16.7. The molecule has 0 radical (unpaired) electrons. The van der Waals surface area contributed by atoms with Crippen molar-refractivity contribution in [3.63, 3.8) is 0 Å². The van der Waals surface area contributed by atoms with Crippen molar-refractivity contribution in [2.45, 2.75) is 51.2 Å². The second-order valence-electron chi connectivity index (χ2n) is 4.35. The molecule has 0 saturated heterocycles. The van der Waals surface area contributed by atoms with Gasteiger partial charge in [0.1, 0.15) is 0 Å². The van der Waals surface area contributed by atoms with Gasteiger partial charge in [-0.05, 0) is 25.3 Å². The fourth-order valence-electron chi connectivity index (χ4n) is 1.65. The zero-order chi connectivity index (χ0) is 14.3. The molecular formula is C15H26O4. The average molecular weight is 270 g/mol. The van der Waals surface area contributed by atoms with Gasteiger partial charge in [-0.2, -0.15) is 0 Å². The van der Waals surface area contributed by atoms with Crippen LogP contribution in [0, 0.1) is 0 Å². The minimum atomic E-state index is -0.694. The van der Waals surface area contributed by atoms with Crippen molar-refractivity contribution in [3.8, 4) is 0 Å². The average Bonchev–Trinajstić information content (AvgIpc) is 2.40. The lowest BCUT2D eigenvalue weighted by Gasteiger charge is -2.06. The molecule has 0 aliphatic carbocycles. The summed E-state index contributed by atoms with van der Waals surface area (Å²) in [5.74, 6) is -0.694. The van der Waals surface area contributed by atoms with Gasteiger partial charge in [-0.3, -0.25) is 4.79 Å². The Hall–Kier alpha value is -1.13. The summed E-state index contributed by atoms with van der Waals surface area (Å²) >= 11 is 0. The van der Waals surface area contributed by atoms with Gasteiger partial charge in [-0.25, -0.2) is 0 Å². The van der Waals surface area contributed by atoms with Crippen LogP contribution in [0.3, 0.4) is 0 Å². The van der Waals surface area contributed by atoms with Crippen molar-refractivity contribution in [3.05, 3.63) is 24.3 Å². The van der Waals surface area contributed by atoms with Crippen molar-refractivity contribution >= 4 is 5.97 Å². The Balaban J connectivity index is 3.36. The summed E-state index contributed by atoms with van der Waals surface area (Å²) in [6, 6.07) is 0. The fraction of sp³-hybridized carbons (Fsp3) is 0.667. The Kier molecular flexibility index (Phi) is 12.5. The van der Waals surface area contributed by atoms with Gasteiger partial charge in [0.15, 0.2) is 6.29 Å². The van der Waals surface area contributed by atoms with Crippen molar-refractivity contribution in [1.82, 2.24) is 0 Å². The van der Waals surface area contributed by atoms with Crippen LogP contribution in [-0.4, -0.2) is 31.6 Å². The molecule has 0 spiro atoms. The largest absolute Gasteiger partial charge is 0.481 e. The van der Waals surface area contributed by atoms with Crippen molar-refractivity contribution in [2.24, 2.45) is 0 Å². The van der Waals surface area contributed by atoms with E-state index in [1.54, 1.807) is 14.2 Å². The SMILES string of the molecule is COC(/C=C/C=C/CCCCCCCC(=O)O)OC. The van der Waals surface area contributed by atoms with E-state index in [-0.39, 0.29) is 6.29 Å². The van der Waals surface area contributed by atoms with E-state index in [4.69, 9.17) is 14.6 Å². The topological polar surface area (TPSA) is 55.8 Å². The number of allylic oxidation sites excluding steroid dienone is 3. The standard InChI is InChI=1S/C15H26O4/c1-18-15(19-2)13-11-9-7-5-3-4-6-8-10-12-14(16)17/h7,9,11,13,15H,3-6,8,10,12H2,1-2H3,(H,16,17)/b9-7+,13-11+. The lowest BCUT2D eigenvalue weighted by molar-refractivity contribution is -0.137. The molecule has 0 amide bonds. The van der Waals surface area contributed by atoms with Gasteiger partial charge in [0, 0.05) is 20.6 Å². The minimum Gasteiger partial charge on any atom is -0.481 e. The Bertz CT molecular complexity index is 267. The fourth-order valence-corrected chi connectivity index (χ4v) is 1.65. The van der Waals surface area contributed by atoms with Gasteiger partial charge in [-0.1, -0.05) is 37.5 Å². The second-order valence-corrected chi connectivity index (χ2v) is 4.35. The molecule has 0 aliphatic rings. The highest BCUT2D eigenvalue weighted by molar-refractivity contribution is 5.66. The van der Waals surface area contributed by atoms with Crippen LogP contribution in [0.15, 0.2) is 24.3 Å². The molecule has 19 heavy (non-hydrogen) atoms. The van der Waals surface area contributed by atoms with Crippen molar-refractivity contribution in [2.75, 3.05) is 14.2 Å². The molecule has 0 aromatic heterocycles. The lowest BCUT2D eigenvalue weighted by atomic mass is 10.1. The summed E-state index contributed by atoms with van der Waals surface area (Å²) in [7, 11) is 3.21. The minimum absolute atomic E-state index is 0.279. The van der Waals surface area contributed by atoms with E-state index < -0.39 is 5.97 Å². The van der Waals surface area contributed by atoms with E-state index in [0.29, 0.717) is 6.42 Å². The molecule has 1 N–H and O–H groups in total. The van der Waals surface area contributed by atoms with Crippen molar-refractivity contribution in [1.29, 1.82) is 0 Å². The normalized spacial score (nSPS) is 11.9.